The number of aryl methyl sites for hydroxylation is 1. The topological polar surface area (TPSA) is 9.23 Å². The van der Waals surface area contributed by atoms with E-state index < -0.39 is 0 Å². The molecule has 2 aromatic carbocycles. The summed E-state index contributed by atoms with van der Waals surface area (Å²) in [6.45, 7) is 4.26. The summed E-state index contributed by atoms with van der Waals surface area (Å²) in [5, 5.41) is -0.0859. The van der Waals surface area contributed by atoms with Gasteiger partial charge in [-0.25, -0.2) is 0 Å². The van der Waals surface area contributed by atoms with Gasteiger partial charge in [-0.2, -0.15) is 0 Å². The minimum absolute atomic E-state index is 0.0859. The number of ether oxygens (including phenoxy) is 1. The van der Waals surface area contributed by atoms with Crippen LogP contribution in [0.4, 0.5) is 0 Å². The zero-order chi connectivity index (χ0) is 14.5. The molecule has 2 unspecified atom stereocenters. The first-order valence-corrected chi connectivity index (χ1v) is 7.44. The van der Waals surface area contributed by atoms with E-state index in [4.69, 9.17) is 16.3 Å². The van der Waals surface area contributed by atoms with Crippen LogP contribution in [0.3, 0.4) is 0 Å². The molecule has 0 radical (unpaired) electrons. The lowest BCUT2D eigenvalue weighted by atomic mass is 9.88. The van der Waals surface area contributed by atoms with Crippen LogP contribution in [0.25, 0.3) is 0 Å². The molecule has 0 aromatic heterocycles. The fourth-order valence-electron chi connectivity index (χ4n) is 2.60. The van der Waals surface area contributed by atoms with Gasteiger partial charge in [-0.1, -0.05) is 55.0 Å². The minimum Gasteiger partial charge on any atom is -0.496 e. The minimum atomic E-state index is -0.0859. The molecule has 0 saturated carbocycles. The molecule has 0 aliphatic rings. The molecular weight excluding hydrogens is 268 g/mol. The molecule has 0 saturated heterocycles. The van der Waals surface area contributed by atoms with Gasteiger partial charge in [-0.15, -0.1) is 11.6 Å². The Labute approximate surface area is 126 Å². The summed E-state index contributed by atoms with van der Waals surface area (Å²) in [4.78, 5) is 0. The first-order chi connectivity index (χ1) is 9.67. The third kappa shape index (κ3) is 3.16. The SMILES string of the molecule is CCC(c1ccccc1)C(Cl)c1cc(C)ccc1OC. The molecule has 0 heterocycles. The number of hydrogen-bond acceptors (Lipinski definition) is 1. The quantitative estimate of drug-likeness (QED) is 0.662. The third-order valence-electron chi connectivity index (χ3n) is 3.70. The van der Waals surface area contributed by atoms with Crippen LogP contribution in [0.5, 0.6) is 5.75 Å². The molecule has 0 fully saturated rings. The first kappa shape index (κ1) is 14.9. The molecule has 106 valence electrons. The Morgan fingerprint density at radius 3 is 2.40 bits per heavy atom. The number of hydrogen-bond donors (Lipinski definition) is 0. The molecule has 1 nitrogen and oxygen atoms in total. The summed E-state index contributed by atoms with van der Waals surface area (Å²) in [7, 11) is 1.70. The highest BCUT2D eigenvalue weighted by Crippen LogP contribution is 2.42. The van der Waals surface area contributed by atoms with E-state index in [1.807, 2.05) is 12.1 Å². The zero-order valence-electron chi connectivity index (χ0n) is 12.3. The Morgan fingerprint density at radius 1 is 1.10 bits per heavy atom. The number of methoxy groups -OCH3 is 1. The lowest BCUT2D eigenvalue weighted by molar-refractivity contribution is 0.406. The van der Waals surface area contributed by atoms with Crippen LogP contribution in [0.2, 0.25) is 0 Å². The Bertz CT molecular complexity index is 551. The third-order valence-corrected chi connectivity index (χ3v) is 4.24. The maximum atomic E-state index is 6.78. The van der Waals surface area contributed by atoms with Crippen LogP contribution in [0.1, 0.15) is 41.3 Å². The maximum absolute atomic E-state index is 6.78. The number of alkyl halides is 1. The van der Waals surface area contributed by atoms with Crippen LogP contribution in [0.15, 0.2) is 48.5 Å². The van der Waals surface area contributed by atoms with Gasteiger partial charge in [-0.3, -0.25) is 0 Å². The van der Waals surface area contributed by atoms with E-state index in [2.05, 4.69) is 50.2 Å². The molecule has 0 aliphatic heterocycles. The molecule has 0 amide bonds. The second-order valence-corrected chi connectivity index (χ2v) is 5.54. The van der Waals surface area contributed by atoms with Gasteiger partial charge in [0.05, 0.1) is 12.5 Å². The Morgan fingerprint density at radius 2 is 1.80 bits per heavy atom. The second kappa shape index (κ2) is 6.81. The van der Waals surface area contributed by atoms with Crippen molar-refractivity contribution in [2.45, 2.75) is 31.6 Å². The summed E-state index contributed by atoms with van der Waals surface area (Å²) in [6.07, 6.45) is 0.995. The van der Waals surface area contributed by atoms with Gasteiger partial charge in [0.1, 0.15) is 5.75 Å². The highest BCUT2D eigenvalue weighted by molar-refractivity contribution is 6.21. The molecule has 0 N–H and O–H groups in total. The highest BCUT2D eigenvalue weighted by atomic mass is 35.5. The van der Waals surface area contributed by atoms with Crippen LogP contribution in [0, 0.1) is 6.92 Å². The molecule has 2 atom stereocenters. The van der Waals surface area contributed by atoms with Crippen molar-refractivity contribution in [3.63, 3.8) is 0 Å². The fraction of sp³-hybridized carbons (Fsp3) is 0.333. The summed E-state index contributed by atoms with van der Waals surface area (Å²) < 4.78 is 5.47. The van der Waals surface area contributed by atoms with Gasteiger partial charge in [-0.05, 0) is 25.0 Å². The van der Waals surface area contributed by atoms with E-state index >= 15 is 0 Å². The monoisotopic (exact) mass is 288 g/mol. The van der Waals surface area contributed by atoms with E-state index in [1.54, 1.807) is 7.11 Å². The van der Waals surface area contributed by atoms with E-state index in [1.165, 1.54) is 11.1 Å². The average Bonchev–Trinajstić information content (AvgIpc) is 2.49. The van der Waals surface area contributed by atoms with Crippen LogP contribution in [-0.2, 0) is 0 Å². The van der Waals surface area contributed by atoms with Crippen LogP contribution >= 0.6 is 11.6 Å². The second-order valence-electron chi connectivity index (χ2n) is 5.07. The summed E-state index contributed by atoms with van der Waals surface area (Å²) >= 11 is 6.78. The lowest BCUT2D eigenvalue weighted by Gasteiger charge is -2.23. The van der Waals surface area contributed by atoms with Crippen molar-refractivity contribution in [2.24, 2.45) is 0 Å². The van der Waals surface area contributed by atoms with Gasteiger partial charge in [0.15, 0.2) is 0 Å². The molecule has 0 bridgehead atoms. The van der Waals surface area contributed by atoms with Gasteiger partial charge in [0.2, 0.25) is 0 Å². The fourth-order valence-corrected chi connectivity index (χ4v) is 3.09. The van der Waals surface area contributed by atoms with E-state index in [0.717, 1.165) is 17.7 Å². The molecular formula is C18H21ClO. The Balaban J connectivity index is 2.38. The lowest BCUT2D eigenvalue weighted by Crippen LogP contribution is -2.07. The molecule has 2 heteroatoms. The normalized spacial score (nSPS) is 13.8. The van der Waals surface area contributed by atoms with Crippen LogP contribution in [-0.4, -0.2) is 7.11 Å². The predicted molar refractivity (Wildman–Crippen MR) is 85.8 cm³/mol. The predicted octanol–water partition coefficient (Wildman–Crippen LogP) is 5.48. The summed E-state index contributed by atoms with van der Waals surface area (Å²) in [5.74, 6) is 1.15. The Hall–Kier alpha value is -1.47. The molecule has 0 aliphatic carbocycles. The van der Waals surface area contributed by atoms with Crippen molar-refractivity contribution >= 4 is 11.6 Å². The molecule has 0 spiro atoms. The van der Waals surface area contributed by atoms with Gasteiger partial charge in [0, 0.05) is 11.5 Å². The summed E-state index contributed by atoms with van der Waals surface area (Å²) in [5.41, 5.74) is 3.55. The Kier molecular flexibility index (Phi) is 5.08. The average molecular weight is 289 g/mol. The van der Waals surface area contributed by atoms with E-state index in [9.17, 15) is 0 Å². The first-order valence-electron chi connectivity index (χ1n) is 7.01. The smallest absolute Gasteiger partial charge is 0.123 e. The van der Waals surface area contributed by atoms with Gasteiger partial charge in [0.25, 0.3) is 0 Å². The number of halogens is 1. The largest absolute Gasteiger partial charge is 0.496 e. The van der Waals surface area contributed by atoms with Crippen molar-refractivity contribution in [3.8, 4) is 5.75 Å². The van der Waals surface area contributed by atoms with Gasteiger partial charge < -0.3 is 4.74 Å². The number of rotatable bonds is 5. The zero-order valence-corrected chi connectivity index (χ0v) is 13.0. The van der Waals surface area contributed by atoms with Crippen LogP contribution < -0.4 is 4.74 Å². The summed E-state index contributed by atoms with van der Waals surface area (Å²) in [6, 6.07) is 16.6. The standard InChI is InChI=1S/C18H21ClO/c1-4-15(14-8-6-5-7-9-14)18(19)16-12-13(2)10-11-17(16)20-3/h5-12,15,18H,4H2,1-3H3. The van der Waals surface area contributed by atoms with Crippen molar-refractivity contribution in [3.05, 3.63) is 65.2 Å². The highest BCUT2D eigenvalue weighted by Gasteiger charge is 2.24. The van der Waals surface area contributed by atoms with Crippen molar-refractivity contribution in [1.29, 1.82) is 0 Å². The number of benzene rings is 2. The van der Waals surface area contributed by atoms with E-state index in [0.29, 0.717) is 0 Å². The maximum Gasteiger partial charge on any atom is 0.123 e. The molecule has 20 heavy (non-hydrogen) atoms. The van der Waals surface area contributed by atoms with Crippen molar-refractivity contribution < 1.29 is 4.74 Å². The van der Waals surface area contributed by atoms with Crippen molar-refractivity contribution in [2.75, 3.05) is 7.11 Å². The molecule has 2 aromatic rings. The van der Waals surface area contributed by atoms with Gasteiger partial charge >= 0.3 is 0 Å². The molecule has 2 rings (SSSR count). The van der Waals surface area contributed by atoms with Crippen molar-refractivity contribution in [1.82, 2.24) is 0 Å². The van der Waals surface area contributed by atoms with E-state index in [-0.39, 0.29) is 11.3 Å².